The highest BCUT2D eigenvalue weighted by atomic mass is 16.5. The SMILES string of the molecule is CCNC(=NCc1cccc(C(=O)NC)c1)NCC(C)Oc1ccccc1C. The summed E-state index contributed by atoms with van der Waals surface area (Å²) >= 11 is 0. The summed E-state index contributed by atoms with van der Waals surface area (Å²) in [5.41, 5.74) is 2.72. The fourth-order valence-electron chi connectivity index (χ4n) is 2.65. The maximum absolute atomic E-state index is 11.8. The largest absolute Gasteiger partial charge is 0.489 e. The van der Waals surface area contributed by atoms with Crippen LogP contribution in [0.1, 0.15) is 35.3 Å². The Morgan fingerprint density at radius 2 is 1.93 bits per heavy atom. The predicted molar refractivity (Wildman–Crippen MR) is 114 cm³/mol. The summed E-state index contributed by atoms with van der Waals surface area (Å²) < 4.78 is 6.00. The smallest absolute Gasteiger partial charge is 0.251 e. The van der Waals surface area contributed by atoms with Gasteiger partial charge in [-0.3, -0.25) is 4.79 Å². The van der Waals surface area contributed by atoms with Gasteiger partial charge >= 0.3 is 0 Å². The van der Waals surface area contributed by atoms with Crippen LogP contribution in [0.5, 0.6) is 5.75 Å². The highest BCUT2D eigenvalue weighted by Gasteiger charge is 2.08. The van der Waals surface area contributed by atoms with Gasteiger partial charge in [0.15, 0.2) is 5.96 Å². The lowest BCUT2D eigenvalue weighted by molar-refractivity contribution is 0.0963. The van der Waals surface area contributed by atoms with Crippen LogP contribution in [-0.2, 0) is 6.54 Å². The Kier molecular flexibility index (Phi) is 8.34. The van der Waals surface area contributed by atoms with Crippen LogP contribution in [0.2, 0.25) is 0 Å². The van der Waals surface area contributed by atoms with Gasteiger partial charge in [0.1, 0.15) is 11.9 Å². The van der Waals surface area contributed by atoms with Gasteiger partial charge in [-0.25, -0.2) is 4.99 Å². The molecular formula is C22H30N4O2. The molecule has 0 saturated heterocycles. The lowest BCUT2D eigenvalue weighted by atomic mass is 10.1. The Balaban J connectivity index is 1.95. The fourth-order valence-corrected chi connectivity index (χ4v) is 2.65. The first-order valence-corrected chi connectivity index (χ1v) is 9.59. The van der Waals surface area contributed by atoms with E-state index in [1.165, 1.54) is 0 Å². The summed E-state index contributed by atoms with van der Waals surface area (Å²) in [4.78, 5) is 16.4. The zero-order valence-corrected chi connectivity index (χ0v) is 17.1. The van der Waals surface area contributed by atoms with Crippen molar-refractivity contribution in [3.05, 3.63) is 65.2 Å². The first kappa shape index (κ1) is 21.3. The first-order chi connectivity index (χ1) is 13.5. The predicted octanol–water partition coefficient (Wildman–Crippen LogP) is 2.88. The van der Waals surface area contributed by atoms with E-state index < -0.39 is 0 Å². The summed E-state index contributed by atoms with van der Waals surface area (Å²) in [6.45, 7) is 7.95. The minimum absolute atomic E-state index is 0.0125. The number of aryl methyl sites for hydroxylation is 1. The van der Waals surface area contributed by atoms with E-state index in [-0.39, 0.29) is 12.0 Å². The number of amides is 1. The van der Waals surface area contributed by atoms with Crippen molar-refractivity contribution in [2.75, 3.05) is 20.1 Å². The number of hydrogen-bond acceptors (Lipinski definition) is 3. The van der Waals surface area contributed by atoms with Crippen molar-refractivity contribution < 1.29 is 9.53 Å². The number of rotatable bonds is 8. The highest BCUT2D eigenvalue weighted by Crippen LogP contribution is 2.17. The molecule has 0 saturated carbocycles. The molecule has 0 aliphatic rings. The van der Waals surface area contributed by atoms with E-state index in [2.05, 4.69) is 20.9 Å². The molecule has 0 fully saturated rings. The Morgan fingerprint density at radius 3 is 2.64 bits per heavy atom. The monoisotopic (exact) mass is 382 g/mol. The van der Waals surface area contributed by atoms with Gasteiger partial charge in [0.2, 0.25) is 0 Å². The van der Waals surface area contributed by atoms with Gasteiger partial charge in [-0.1, -0.05) is 30.3 Å². The molecule has 0 bridgehead atoms. The molecule has 6 nitrogen and oxygen atoms in total. The van der Waals surface area contributed by atoms with Gasteiger partial charge in [0, 0.05) is 19.2 Å². The van der Waals surface area contributed by atoms with Crippen molar-refractivity contribution in [1.29, 1.82) is 0 Å². The summed E-state index contributed by atoms with van der Waals surface area (Å²) in [6.07, 6.45) is -0.0125. The van der Waals surface area contributed by atoms with E-state index >= 15 is 0 Å². The van der Waals surface area contributed by atoms with Crippen LogP contribution in [0, 0.1) is 6.92 Å². The van der Waals surface area contributed by atoms with E-state index in [4.69, 9.17) is 4.74 Å². The summed E-state index contributed by atoms with van der Waals surface area (Å²) in [5, 5.41) is 9.19. The third-order valence-electron chi connectivity index (χ3n) is 4.16. The Labute approximate surface area is 167 Å². The van der Waals surface area contributed by atoms with Crippen molar-refractivity contribution in [3.63, 3.8) is 0 Å². The van der Waals surface area contributed by atoms with Crippen LogP contribution in [0.4, 0.5) is 0 Å². The minimum Gasteiger partial charge on any atom is -0.489 e. The second kappa shape index (κ2) is 11.0. The number of benzene rings is 2. The normalized spacial score (nSPS) is 12.2. The third-order valence-corrected chi connectivity index (χ3v) is 4.16. The van der Waals surface area contributed by atoms with E-state index in [0.717, 1.165) is 23.4 Å². The lowest BCUT2D eigenvalue weighted by Crippen LogP contribution is -2.41. The average molecular weight is 383 g/mol. The van der Waals surface area contributed by atoms with Crippen LogP contribution >= 0.6 is 0 Å². The van der Waals surface area contributed by atoms with Gasteiger partial charge < -0.3 is 20.7 Å². The van der Waals surface area contributed by atoms with Crippen LogP contribution < -0.4 is 20.7 Å². The number of aliphatic imine (C=N–C) groups is 1. The van der Waals surface area contributed by atoms with Crippen molar-refractivity contribution in [1.82, 2.24) is 16.0 Å². The molecule has 1 amide bonds. The van der Waals surface area contributed by atoms with Crippen molar-refractivity contribution in [2.45, 2.75) is 33.4 Å². The number of ether oxygens (including phenoxy) is 1. The molecule has 1 atom stereocenters. The number of carbonyl (C=O) groups excluding carboxylic acids is 1. The van der Waals surface area contributed by atoms with E-state index in [1.54, 1.807) is 13.1 Å². The maximum atomic E-state index is 11.8. The van der Waals surface area contributed by atoms with E-state index in [1.807, 2.05) is 63.2 Å². The molecule has 150 valence electrons. The summed E-state index contributed by atoms with van der Waals surface area (Å²) in [6, 6.07) is 15.5. The Hall–Kier alpha value is -3.02. The minimum atomic E-state index is -0.0990. The zero-order chi connectivity index (χ0) is 20.4. The maximum Gasteiger partial charge on any atom is 0.251 e. The molecule has 0 radical (unpaired) electrons. The zero-order valence-electron chi connectivity index (χ0n) is 17.1. The Bertz CT molecular complexity index is 805. The summed E-state index contributed by atoms with van der Waals surface area (Å²) in [5.74, 6) is 1.51. The number of nitrogens with one attached hydrogen (secondary N) is 3. The number of nitrogens with zero attached hydrogens (tertiary/aromatic N) is 1. The van der Waals surface area contributed by atoms with Gasteiger partial charge in [-0.15, -0.1) is 0 Å². The molecule has 0 aromatic heterocycles. The fraction of sp³-hybridized carbons (Fsp3) is 0.364. The molecule has 3 N–H and O–H groups in total. The molecule has 2 aromatic carbocycles. The second-order valence-corrected chi connectivity index (χ2v) is 6.55. The van der Waals surface area contributed by atoms with Crippen molar-refractivity contribution in [3.8, 4) is 5.75 Å². The molecule has 28 heavy (non-hydrogen) atoms. The first-order valence-electron chi connectivity index (χ1n) is 9.59. The number of carbonyl (C=O) groups is 1. The van der Waals surface area contributed by atoms with Crippen LogP contribution in [0.25, 0.3) is 0 Å². The van der Waals surface area contributed by atoms with Gasteiger partial charge in [0.05, 0.1) is 13.1 Å². The summed E-state index contributed by atoms with van der Waals surface area (Å²) in [7, 11) is 1.63. The quantitative estimate of drug-likeness (QED) is 0.485. The number of hydrogen-bond donors (Lipinski definition) is 3. The molecule has 1 unspecified atom stereocenters. The molecule has 6 heteroatoms. The molecule has 0 heterocycles. The Morgan fingerprint density at radius 1 is 1.14 bits per heavy atom. The second-order valence-electron chi connectivity index (χ2n) is 6.55. The van der Waals surface area contributed by atoms with Crippen LogP contribution in [-0.4, -0.2) is 38.1 Å². The van der Waals surface area contributed by atoms with E-state index in [0.29, 0.717) is 24.6 Å². The topological polar surface area (TPSA) is 74.8 Å². The molecule has 2 rings (SSSR count). The third kappa shape index (κ3) is 6.61. The standard InChI is InChI=1S/C22H30N4O2/c1-5-24-22(25-14-17(3)28-20-12-7-6-9-16(20)2)26-15-18-10-8-11-19(13-18)21(27)23-4/h6-13,17H,5,14-15H2,1-4H3,(H,23,27)(H2,24,25,26). The number of guanidine groups is 1. The van der Waals surface area contributed by atoms with Crippen molar-refractivity contribution in [2.24, 2.45) is 4.99 Å². The lowest BCUT2D eigenvalue weighted by Gasteiger charge is -2.18. The van der Waals surface area contributed by atoms with Crippen molar-refractivity contribution >= 4 is 11.9 Å². The van der Waals surface area contributed by atoms with Gasteiger partial charge in [-0.2, -0.15) is 0 Å². The molecule has 0 aliphatic carbocycles. The van der Waals surface area contributed by atoms with Crippen LogP contribution in [0.3, 0.4) is 0 Å². The number of para-hydroxylation sites is 1. The van der Waals surface area contributed by atoms with Gasteiger partial charge in [-0.05, 0) is 50.1 Å². The molecule has 0 aliphatic heterocycles. The molecule has 0 spiro atoms. The average Bonchev–Trinajstić information content (AvgIpc) is 2.71. The van der Waals surface area contributed by atoms with Crippen LogP contribution in [0.15, 0.2) is 53.5 Å². The van der Waals surface area contributed by atoms with Gasteiger partial charge in [0.25, 0.3) is 5.91 Å². The molecule has 2 aromatic rings. The highest BCUT2D eigenvalue weighted by molar-refractivity contribution is 5.94. The molecular weight excluding hydrogens is 352 g/mol. The van der Waals surface area contributed by atoms with E-state index in [9.17, 15) is 4.79 Å².